The van der Waals surface area contributed by atoms with Crippen LogP contribution in [0.2, 0.25) is 0 Å². The van der Waals surface area contributed by atoms with E-state index in [2.05, 4.69) is 21.2 Å². The summed E-state index contributed by atoms with van der Waals surface area (Å²) in [5.41, 5.74) is 2.80. The second kappa shape index (κ2) is 8.00. The molecule has 1 N–H and O–H groups in total. The molecule has 5 nitrogen and oxygen atoms in total. The van der Waals surface area contributed by atoms with E-state index in [0.717, 1.165) is 28.6 Å². The minimum Gasteiger partial charge on any atom is -0.321 e. The molecule has 0 saturated carbocycles. The standard InChI is InChI=1S/C22H19BrN2O3S/c23-19-8-2-3-9-20(19)24-22(26)17-11-13-18(14-12-17)29(27,28)25-15-5-7-16-6-1-4-10-21(16)25/h1-4,6,8-14H,5,7,15H2,(H,24,26). The van der Waals surface area contributed by atoms with Crippen LogP contribution in [0.1, 0.15) is 22.3 Å². The molecule has 1 aliphatic rings. The predicted octanol–water partition coefficient (Wildman–Crippen LogP) is 4.84. The molecule has 0 saturated heterocycles. The minimum absolute atomic E-state index is 0.173. The summed E-state index contributed by atoms with van der Waals surface area (Å²) in [5, 5.41) is 2.82. The zero-order valence-corrected chi connectivity index (χ0v) is 17.9. The van der Waals surface area contributed by atoms with Crippen LogP contribution in [-0.4, -0.2) is 20.9 Å². The molecule has 0 spiro atoms. The average molecular weight is 471 g/mol. The third kappa shape index (κ3) is 3.93. The van der Waals surface area contributed by atoms with Crippen molar-refractivity contribution in [1.82, 2.24) is 0 Å². The van der Waals surface area contributed by atoms with Gasteiger partial charge in [0.2, 0.25) is 0 Å². The zero-order valence-electron chi connectivity index (χ0n) is 15.5. The molecule has 0 atom stereocenters. The van der Waals surface area contributed by atoms with Crippen molar-refractivity contribution in [3.05, 3.63) is 88.4 Å². The lowest BCUT2D eigenvalue weighted by molar-refractivity contribution is 0.102. The largest absolute Gasteiger partial charge is 0.321 e. The molecule has 1 heterocycles. The summed E-state index contributed by atoms with van der Waals surface area (Å²) >= 11 is 3.39. The molecule has 3 aromatic rings. The van der Waals surface area contributed by atoms with Gasteiger partial charge in [0, 0.05) is 16.6 Å². The third-order valence-electron chi connectivity index (χ3n) is 4.89. The van der Waals surface area contributed by atoms with Crippen molar-refractivity contribution in [3.8, 4) is 0 Å². The third-order valence-corrected chi connectivity index (χ3v) is 7.41. The number of halogens is 1. The number of hydrogen-bond acceptors (Lipinski definition) is 3. The van der Waals surface area contributed by atoms with E-state index >= 15 is 0 Å². The number of hydrogen-bond donors (Lipinski definition) is 1. The Labute approximate surface area is 178 Å². The highest BCUT2D eigenvalue weighted by atomic mass is 79.9. The second-order valence-electron chi connectivity index (χ2n) is 6.77. The molecule has 0 unspecified atom stereocenters. The molecule has 4 rings (SSSR count). The number of nitrogens with one attached hydrogen (secondary N) is 1. The van der Waals surface area contributed by atoms with Crippen LogP contribution < -0.4 is 9.62 Å². The molecule has 1 aliphatic heterocycles. The van der Waals surface area contributed by atoms with Crippen molar-refractivity contribution in [2.24, 2.45) is 0 Å². The van der Waals surface area contributed by atoms with Crippen molar-refractivity contribution in [2.75, 3.05) is 16.2 Å². The summed E-state index contributed by atoms with van der Waals surface area (Å²) < 4.78 is 28.6. The van der Waals surface area contributed by atoms with Gasteiger partial charge in [0.05, 0.1) is 16.3 Å². The highest BCUT2D eigenvalue weighted by Crippen LogP contribution is 2.32. The van der Waals surface area contributed by atoms with Crippen LogP contribution in [0.3, 0.4) is 0 Å². The van der Waals surface area contributed by atoms with E-state index < -0.39 is 10.0 Å². The van der Waals surface area contributed by atoms with Gasteiger partial charge in [-0.15, -0.1) is 0 Å². The van der Waals surface area contributed by atoms with E-state index in [9.17, 15) is 13.2 Å². The second-order valence-corrected chi connectivity index (χ2v) is 9.48. The smallest absolute Gasteiger partial charge is 0.264 e. The Morgan fingerprint density at radius 3 is 2.38 bits per heavy atom. The summed E-state index contributed by atoms with van der Waals surface area (Å²) in [7, 11) is -3.69. The first-order valence-corrected chi connectivity index (χ1v) is 11.5. The molecule has 0 bridgehead atoms. The number of nitrogens with zero attached hydrogens (tertiary/aromatic N) is 1. The zero-order chi connectivity index (χ0) is 20.4. The maximum absolute atomic E-state index is 13.2. The van der Waals surface area contributed by atoms with Crippen LogP contribution in [0, 0.1) is 0 Å². The number of aryl methyl sites for hydroxylation is 1. The number of carbonyl (C=O) groups excluding carboxylic acids is 1. The maximum Gasteiger partial charge on any atom is 0.264 e. The number of para-hydroxylation sites is 2. The van der Waals surface area contributed by atoms with Gasteiger partial charge in [-0.1, -0.05) is 30.3 Å². The lowest BCUT2D eigenvalue weighted by Crippen LogP contribution is -2.35. The van der Waals surface area contributed by atoms with Crippen LogP contribution in [0.15, 0.2) is 82.2 Å². The molecule has 0 radical (unpaired) electrons. The van der Waals surface area contributed by atoms with Crippen molar-refractivity contribution in [2.45, 2.75) is 17.7 Å². The average Bonchev–Trinajstić information content (AvgIpc) is 2.75. The van der Waals surface area contributed by atoms with Crippen LogP contribution in [-0.2, 0) is 16.4 Å². The number of anilines is 2. The molecule has 0 aliphatic carbocycles. The maximum atomic E-state index is 13.2. The normalized spacial score (nSPS) is 13.6. The fourth-order valence-corrected chi connectivity index (χ4v) is 5.34. The topological polar surface area (TPSA) is 66.5 Å². The van der Waals surface area contributed by atoms with E-state index in [1.54, 1.807) is 6.07 Å². The van der Waals surface area contributed by atoms with Gasteiger partial charge < -0.3 is 5.32 Å². The van der Waals surface area contributed by atoms with E-state index in [0.29, 0.717) is 17.8 Å². The molecular weight excluding hydrogens is 452 g/mol. The van der Waals surface area contributed by atoms with Gasteiger partial charge in [0.1, 0.15) is 0 Å². The van der Waals surface area contributed by atoms with Crippen LogP contribution in [0.5, 0.6) is 0 Å². The molecule has 3 aromatic carbocycles. The van der Waals surface area contributed by atoms with Gasteiger partial charge in [-0.25, -0.2) is 8.42 Å². The quantitative estimate of drug-likeness (QED) is 0.592. The highest BCUT2D eigenvalue weighted by Gasteiger charge is 2.28. The van der Waals surface area contributed by atoms with E-state index in [-0.39, 0.29) is 10.8 Å². The summed E-state index contributed by atoms with van der Waals surface area (Å²) in [6.07, 6.45) is 1.65. The number of amides is 1. The van der Waals surface area contributed by atoms with Gasteiger partial charge >= 0.3 is 0 Å². The molecule has 0 fully saturated rings. The van der Waals surface area contributed by atoms with Gasteiger partial charge in [-0.3, -0.25) is 9.10 Å². The van der Waals surface area contributed by atoms with E-state index in [1.807, 2.05) is 42.5 Å². The predicted molar refractivity (Wildman–Crippen MR) is 118 cm³/mol. The Balaban J connectivity index is 1.58. The first-order chi connectivity index (χ1) is 14.0. The number of fused-ring (bicyclic) bond motifs is 1. The summed E-state index contributed by atoms with van der Waals surface area (Å²) in [6, 6.07) is 20.9. The number of sulfonamides is 1. The lowest BCUT2D eigenvalue weighted by atomic mass is 10.0. The first-order valence-electron chi connectivity index (χ1n) is 9.23. The minimum atomic E-state index is -3.69. The molecule has 0 aromatic heterocycles. The number of rotatable bonds is 4. The summed E-state index contributed by atoms with van der Waals surface area (Å²) in [5.74, 6) is -0.302. The van der Waals surface area contributed by atoms with Crippen molar-refractivity contribution >= 4 is 43.2 Å². The Kier molecular flexibility index (Phi) is 5.43. The Hall–Kier alpha value is -2.64. The Morgan fingerprint density at radius 1 is 0.931 bits per heavy atom. The van der Waals surface area contributed by atoms with Crippen LogP contribution in [0.25, 0.3) is 0 Å². The van der Waals surface area contributed by atoms with Gasteiger partial charge in [0.25, 0.3) is 15.9 Å². The van der Waals surface area contributed by atoms with Gasteiger partial charge in [0.15, 0.2) is 0 Å². The molecule has 7 heteroatoms. The van der Waals surface area contributed by atoms with Crippen molar-refractivity contribution in [3.63, 3.8) is 0 Å². The lowest BCUT2D eigenvalue weighted by Gasteiger charge is -2.30. The molecule has 148 valence electrons. The van der Waals surface area contributed by atoms with Gasteiger partial charge in [-0.05, 0) is 76.8 Å². The molecule has 1 amide bonds. The number of benzene rings is 3. The summed E-state index contributed by atoms with van der Waals surface area (Å²) in [6.45, 7) is 0.448. The SMILES string of the molecule is O=C(Nc1ccccc1Br)c1ccc(S(=O)(=O)N2CCCc3ccccc32)cc1. The Morgan fingerprint density at radius 2 is 1.62 bits per heavy atom. The van der Waals surface area contributed by atoms with Gasteiger partial charge in [-0.2, -0.15) is 0 Å². The van der Waals surface area contributed by atoms with Crippen molar-refractivity contribution in [1.29, 1.82) is 0 Å². The monoisotopic (exact) mass is 470 g/mol. The molecule has 29 heavy (non-hydrogen) atoms. The van der Waals surface area contributed by atoms with Crippen LogP contribution in [0.4, 0.5) is 11.4 Å². The number of carbonyl (C=O) groups is 1. The highest BCUT2D eigenvalue weighted by molar-refractivity contribution is 9.10. The summed E-state index contributed by atoms with van der Waals surface area (Å²) in [4.78, 5) is 12.7. The van der Waals surface area contributed by atoms with Crippen LogP contribution >= 0.6 is 15.9 Å². The van der Waals surface area contributed by atoms with Crippen molar-refractivity contribution < 1.29 is 13.2 Å². The fraction of sp³-hybridized carbons (Fsp3) is 0.136. The Bertz CT molecular complexity index is 1160. The molecular formula is C22H19BrN2O3S. The first kappa shape index (κ1) is 19.7. The fourth-order valence-electron chi connectivity index (χ4n) is 3.41. The van der Waals surface area contributed by atoms with E-state index in [4.69, 9.17) is 0 Å². The van der Waals surface area contributed by atoms with E-state index in [1.165, 1.54) is 28.6 Å².